The average molecular weight is 512 g/mol. The number of rotatable bonds is 7. The average Bonchev–Trinajstić information content (AvgIpc) is 3.56. The number of hydrogen-bond donors (Lipinski definition) is 0. The van der Waals surface area contributed by atoms with E-state index in [1.807, 2.05) is 30.3 Å². The predicted octanol–water partition coefficient (Wildman–Crippen LogP) is 4.53. The molecule has 3 heterocycles. The molecule has 1 saturated heterocycles. The van der Waals surface area contributed by atoms with Crippen molar-refractivity contribution in [3.05, 3.63) is 72.7 Å². The van der Waals surface area contributed by atoms with E-state index in [4.69, 9.17) is 9.15 Å². The molecule has 2 aromatic carbocycles. The van der Waals surface area contributed by atoms with E-state index in [2.05, 4.69) is 4.98 Å². The highest BCUT2D eigenvalue weighted by atomic mass is 32.2. The van der Waals surface area contributed by atoms with Crippen LogP contribution in [0.3, 0.4) is 0 Å². The van der Waals surface area contributed by atoms with Crippen molar-refractivity contribution in [2.24, 2.45) is 5.92 Å². The highest BCUT2D eigenvalue weighted by Gasteiger charge is 2.36. The monoisotopic (exact) mass is 511 g/mol. The second-order valence-electron chi connectivity index (χ2n) is 8.35. The Morgan fingerprint density at radius 2 is 1.97 bits per heavy atom. The van der Waals surface area contributed by atoms with Crippen molar-refractivity contribution < 1.29 is 22.4 Å². The molecule has 0 N–H and O–H groups in total. The van der Waals surface area contributed by atoms with Gasteiger partial charge in [-0.15, -0.1) is 0 Å². The van der Waals surface area contributed by atoms with Crippen molar-refractivity contribution in [1.82, 2.24) is 9.29 Å². The lowest BCUT2D eigenvalue weighted by molar-refractivity contribution is -0.123. The molecule has 0 bridgehead atoms. The first-order chi connectivity index (χ1) is 17.0. The molecule has 0 spiro atoms. The topological polar surface area (TPSA) is 93.0 Å². The van der Waals surface area contributed by atoms with Gasteiger partial charge in [-0.3, -0.25) is 9.69 Å². The van der Waals surface area contributed by atoms with Gasteiger partial charge in [0.05, 0.1) is 40.9 Å². The third-order valence-corrected chi connectivity index (χ3v) is 9.04. The van der Waals surface area contributed by atoms with Crippen LogP contribution < -0.4 is 9.64 Å². The molecule has 5 rings (SSSR count). The number of fused-ring (bicyclic) bond motifs is 1. The number of sulfonamides is 1. The number of piperidine rings is 1. The number of carbonyl (C=O) groups excluding carboxylic acids is 1. The Hall–Kier alpha value is -3.21. The SMILES string of the molecule is COc1ccc(S(=O)(=O)N2CCCC(C(=O)N(Cc3ccco3)c3nc4ccccc4s3)C2)cc1. The molecule has 8 nitrogen and oxygen atoms in total. The molecule has 2 aromatic heterocycles. The van der Waals surface area contributed by atoms with Crippen LogP contribution in [0, 0.1) is 5.92 Å². The Labute approximate surface area is 207 Å². The Morgan fingerprint density at radius 1 is 1.17 bits per heavy atom. The second-order valence-corrected chi connectivity index (χ2v) is 11.3. The van der Waals surface area contributed by atoms with E-state index in [1.54, 1.807) is 29.4 Å². The maximum Gasteiger partial charge on any atom is 0.243 e. The normalized spacial score (nSPS) is 16.9. The zero-order valence-electron chi connectivity index (χ0n) is 19.2. The van der Waals surface area contributed by atoms with Gasteiger partial charge in [-0.05, 0) is 61.4 Å². The van der Waals surface area contributed by atoms with Crippen LogP contribution in [-0.4, -0.2) is 43.8 Å². The molecule has 1 unspecified atom stereocenters. The molecule has 1 atom stereocenters. The molecule has 1 aliphatic heterocycles. The first kappa shape index (κ1) is 23.5. The first-order valence-corrected chi connectivity index (χ1v) is 13.5. The summed E-state index contributed by atoms with van der Waals surface area (Å²) in [5.74, 6) is 0.574. The van der Waals surface area contributed by atoms with Gasteiger partial charge < -0.3 is 9.15 Å². The van der Waals surface area contributed by atoms with Crippen LogP contribution in [0.25, 0.3) is 10.2 Å². The van der Waals surface area contributed by atoms with E-state index in [9.17, 15) is 13.2 Å². The minimum Gasteiger partial charge on any atom is -0.497 e. The van der Waals surface area contributed by atoms with Crippen LogP contribution >= 0.6 is 11.3 Å². The molecule has 1 fully saturated rings. The zero-order chi connectivity index (χ0) is 24.4. The number of methoxy groups -OCH3 is 1. The van der Waals surface area contributed by atoms with Gasteiger partial charge in [0.15, 0.2) is 5.13 Å². The number of carbonyl (C=O) groups is 1. The van der Waals surface area contributed by atoms with E-state index in [0.29, 0.717) is 36.0 Å². The van der Waals surface area contributed by atoms with Gasteiger partial charge in [-0.2, -0.15) is 4.31 Å². The number of para-hydroxylation sites is 1. The van der Waals surface area contributed by atoms with E-state index in [-0.39, 0.29) is 23.9 Å². The van der Waals surface area contributed by atoms with Gasteiger partial charge in [-0.1, -0.05) is 23.5 Å². The largest absolute Gasteiger partial charge is 0.497 e. The van der Waals surface area contributed by atoms with Gasteiger partial charge in [0.1, 0.15) is 11.5 Å². The molecule has 4 aromatic rings. The van der Waals surface area contributed by atoms with Gasteiger partial charge in [-0.25, -0.2) is 13.4 Å². The van der Waals surface area contributed by atoms with Crippen LogP contribution in [0.5, 0.6) is 5.75 Å². The maximum absolute atomic E-state index is 13.8. The third kappa shape index (κ3) is 4.82. The van der Waals surface area contributed by atoms with Crippen LogP contribution in [0.4, 0.5) is 5.13 Å². The van der Waals surface area contributed by atoms with Gasteiger partial charge >= 0.3 is 0 Å². The fraction of sp³-hybridized carbons (Fsp3) is 0.280. The van der Waals surface area contributed by atoms with Crippen molar-refractivity contribution in [2.45, 2.75) is 24.3 Å². The number of benzene rings is 2. The lowest BCUT2D eigenvalue weighted by atomic mass is 9.98. The Bertz CT molecular complexity index is 1380. The van der Waals surface area contributed by atoms with E-state index in [1.165, 1.54) is 34.9 Å². The van der Waals surface area contributed by atoms with Crippen molar-refractivity contribution in [3.63, 3.8) is 0 Å². The summed E-state index contributed by atoms with van der Waals surface area (Å²) in [7, 11) is -2.21. The summed E-state index contributed by atoms with van der Waals surface area (Å²) in [6.45, 7) is 0.720. The lowest BCUT2D eigenvalue weighted by Gasteiger charge is -2.33. The van der Waals surface area contributed by atoms with Crippen LogP contribution in [0.2, 0.25) is 0 Å². The Morgan fingerprint density at radius 3 is 2.69 bits per heavy atom. The number of aromatic nitrogens is 1. The van der Waals surface area contributed by atoms with Crippen molar-refractivity contribution in [1.29, 1.82) is 0 Å². The van der Waals surface area contributed by atoms with Crippen LogP contribution in [-0.2, 0) is 21.4 Å². The van der Waals surface area contributed by atoms with Gasteiger partial charge in [0.25, 0.3) is 0 Å². The summed E-state index contributed by atoms with van der Waals surface area (Å²) < 4.78 is 39.6. The van der Waals surface area contributed by atoms with E-state index < -0.39 is 15.9 Å². The minimum atomic E-state index is -3.74. The Balaban J connectivity index is 1.41. The summed E-state index contributed by atoms with van der Waals surface area (Å²) in [4.78, 5) is 20.3. The van der Waals surface area contributed by atoms with E-state index in [0.717, 1.165) is 10.2 Å². The maximum atomic E-state index is 13.8. The van der Waals surface area contributed by atoms with Gasteiger partial charge in [0.2, 0.25) is 15.9 Å². The Kier molecular flexibility index (Phi) is 6.59. The fourth-order valence-corrected chi connectivity index (χ4v) is 6.75. The number of hydrogen-bond acceptors (Lipinski definition) is 7. The summed E-state index contributed by atoms with van der Waals surface area (Å²) >= 11 is 1.43. The molecule has 182 valence electrons. The molecule has 1 aliphatic rings. The molecular formula is C25H25N3O5S2. The van der Waals surface area contributed by atoms with Crippen LogP contribution in [0.15, 0.2) is 76.2 Å². The molecule has 35 heavy (non-hydrogen) atoms. The molecule has 10 heteroatoms. The highest BCUT2D eigenvalue weighted by Crippen LogP contribution is 2.33. The quantitative estimate of drug-likeness (QED) is 0.362. The van der Waals surface area contributed by atoms with Crippen molar-refractivity contribution in [2.75, 3.05) is 25.1 Å². The van der Waals surface area contributed by atoms with Gasteiger partial charge in [0, 0.05) is 13.1 Å². The van der Waals surface area contributed by atoms with Crippen LogP contribution in [0.1, 0.15) is 18.6 Å². The molecule has 0 aliphatic carbocycles. The fourth-order valence-electron chi connectivity index (χ4n) is 4.25. The molecule has 0 radical (unpaired) electrons. The summed E-state index contributed by atoms with van der Waals surface area (Å²) in [5.41, 5.74) is 0.817. The number of thiazole rings is 1. The molecule has 1 amide bonds. The predicted molar refractivity (Wildman–Crippen MR) is 134 cm³/mol. The smallest absolute Gasteiger partial charge is 0.243 e. The lowest BCUT2D eigenvalue weighted by Crippen LogP contribution is -2.46. The van der Waals surface area contributed by atoms with Crippen molar-refractivity contribution >= 4 is 42.6 Å². The van der Waals surface area contributed by atoms with E-state index >= 15 is 0 Å². The standard InChI is InChI=1S/C25H25N3O5S2/c1-32-19-10-12-21(13-11-19)35(30,31)27-14-4-6-18(16-27)24(29)28(17-20-7-5-15-33-20)25-26-22-8-2-3-9-23(22)34-25/h2-3,5,7-13,15,18H,4,6,14,16-17H2,1H3. The number of nitrogens with zero attached hydrogens (tertiary/aromatic N) is 3. The summed E-state index contributed by atoms with van der Waals surface area (Å²) in [6, 6.07) is 17.6. The third-order valence-electron chi connectivity index (χ3n) is 6.10. The summed E-state index contributed by atoms with van der Waals surface area (Å²) in [6.07, 6.45) is 2.77. The number of anilines is 1. The number of amides is 1. The second kappa shape index (κ2) is 9.80. The zero-order valence-corrected chi connectivity index (χ0v) is 20.8. The molecule has 0 saturated carbocycles. The first-order valence-electron chi connectivity index (χ1n) is 11.3. The molecular weight excluding hydrogens is 486 g/mol. The number of furan rings is 1. The summed E-state index contributed by atoms with van der Waals surface area (Å²) in [5, 5.41) is 0.572. The minimum absolute atomic E-state index is 0.118. The number of ether oxygens (including phenoxy) is 1. The highest BCUT2D eigenvalue weighted by molar-refractivity contribution is 7.89. The van der Waals surface area contributed by atoms with Crippen molar-refractivity contribution in [3.8, 4) is 5.75 Å².